The van der Waals surface area contributed by atoms with Gasteiger partial charge in [0.15, 0.2) is 5.78 Å². The number of rotatable bonds is 8. The summed E-state index contributed by atoms with van der Waals surface area (Å²) < 4.78 is 5.35. The predicted molar refractivity (Wildman–Crippen MR) is 130 cm³/mol. The molecule has 3 aromatic carbocycles. The summed E-state index contributed by atoms with van der Waals surface area (Å²) in [7, 11) is 0. The molecule has 0 saturated heterocycles. The highest BCUT2D eigenvalue weighted by molar-refractivity contribution is 6.45. The van der Waals surface area contributed by atoms with Crippen LogP contribution in [0.5, 0.6) is 0 Å². The summed E-state index contributed by atoms with van der Waals surface area (Å²) in [4.78, 5) is 62.2. The van der Waals surface area contributed by atoms with Crippen molar-refractivity contribution in [3.63, 3.8) is 0 Å². The summed E-state index contributed by atoms with van der Waals surface area (Å²) in [6, 6.07) is 19.8. The normalized spacial score (nSPS) is 14.8. The number of hydrogen-bond donors (Lipinski definition) is 1. The molecule has 0 radical (unpaired) electrons. The molecule has 0 aliphatic carbocycles. The van der Waals surface area contributed by atoms with Gasteiger partial charge in [-0.25, -0.2) is 4.79 Å². The summed E-state index contributed by atoms with van der Waals surface area (Å²) >= 11 is 0. The number of amides is 1. The van der Waals surface area contributed by atoms with Crippen LogP contribution in [-0.2, 0) is 19.1 Å². The van der Waals surface area contributed by atoms with Crippen LogP contribution in [0.1, 0.15) is 33.2 Å². The molecule has 0 saturated carbocycles. The molecule has 1 N–H and O–H groups in total. The Morgan fingerprint density at radius 3 is 2.46 bits per heavy atom. The van der Waals surface area contributed by atoms with Crippen LogP contribution in [-0.4, -0.2) is 28.4 Å². The molecular formula is C27H17N3O7. The minimum Gasteiger partial charge on any atom is -0.453 e. The number of esters is 1. The van der Waals surface area contributed by atoms with Gasteiger partial charge < -0.3 is 10.1 Å². The predicted octanol–water partition coefficient (Wildman–Crippen LogP) is 3.78. The maximum absolute atomic E-state index is 13.3. The molecular weight excluding hydrogens is 478 g/mol. The molecule has 1 heterocycles. The van der Waals surface area contributed by atoms with Gasteiger partial charge in [0.05, 0.1) is 21.7 Å². The van der Waals surface area contributed by atoms with Gasteiger partial charge in [0, 0.05) is 17.7 Å². The number of benzene rings is 3. The second kappa shape index (κ2) is 10.5. The van der Waals surface area contributed by atoms with Crippen molar-refractivity contribution in [2.45, 2.75) is 6.10 Å². The fraction of sp³-hybridized carbons (Fsp3) is 0.0741. The first-order valence-electron chi connectivity index (χ1n) is 10.9. The molecule has 0 aromatic heterocycles. The molecule has 10 nitrogen and oxygen atoms in total. The smallest absolute Gasteiger partial charge is 0.339 e. The van der Waals surface area contributed by atoms with Gasteiger partial charge in [0.25, 0.3) is 11.6 Å². The summed E-state index contributed by atoms with van der Waals surface area (Å²) in [5, 5.41) is 22.6. The van der Waals surface area contributed by atoms with Gasteiger partial charge >= 0.3 is 5.97 Å². The number of nitro benzene ring substituents is 1. The number of fused-ring (bicyclic) bond motifs is 1. The van der Waals surface area contributed by atoms with Crippen LogP contribution in [0.2, 0.25) is 0 Å². The maximum Gasteiger partial charge on any atom is 0.339 e. The Kier molecular flexibility index (Phi) is 6.97. The standard InChI is InChI=1S/C27H17N3O7/c28-15-17-14-18(30(35)36)11-12-21(17)29-26(33)24(32)23(22(31)13-10-16-6-2-1-3-7-16)25-19-8-4-5-9-20(19)27(34)37-25/h1-14,23,25H,(H,29,33)/b13-10-/t23-,25-/m0/s1. The summed E-state index contributed by atoms with van der Waals surface area (Å²) in [6.07, 6.45) is 1.25. The molecule has 0 fully saturated rings. The van der Waals surface area contributed by atoms with E-state index in [-0.39, 0.29) is 28.1 Å². The van der Waals surface area contributed by atoms with Crippen LogP contribution in [0.15, 0.2) is 78.9 Å². The highest BCUT2D eigenvalue weighted by atomic mass is 16.6. The number of carbonyl (C=O) groups is 4. The number of carbonyl (C=O) groups excluding carboxylic acids is 4. The number of nitrogens with one attached hydrogen (secondary N) is 1. The van der Waals surface area contributed by atoms with E-state index in [9.17, 15) is 34.6 Å². The molecule has 4 rings (SSSR count). The first-order valence-corrected chi connectivity index (χ1v) is 10.9. The SMILES string of the molecule is N#Cc1cc([N+](=O)[O-])ccc1NC(=O)C(=O)[C@H](C(=O)/C=C\c1ccccc1)[C@H]1OC(=O)c2ccccc21. The Hall–Kier alpha value is -5.43. The molecule has 1 aliphatic heterocycles. The molecule has 37 heavy (non-hydrogen) atoms. The Bertz CT molecular complexity index is 1510. The number of Topliss-reactive ketones (excluding diaryl/α,β-unsaturated/α-hetero) is 1. The lowest BCUT2D eigenvalue weighted by atomic mass is 9.86. The molecule has 0 bridgehead atoms. The first-order chi connectivity index (χ1) is 17.8. The average molecular weight is 495 g/mol. The van der Waals surface area contributed by atoms with Crippen molar-refractivity contribution >= 4 is 40.9 Å². The van der Waals surface area contributed by atoms with Gasteiger partial charge in [-0.1, -0.05) is 54.6 Å². The van der Waals surface area contributed by atoms with Crippen molar-refractivity contribution in [2.24, 2.45) is 5.92 Å². The van der Waals surface area contributed by atoms with Crippen LogP contribution in [0.3, 0.4) is 0 Å². The van der Waals surface area contributed by atoms with Gasteiger partial charge in [-0.3, -0.25) is 24.5 Å². The van der Waals surface area contributed by atoms with Gasteiger partial charge in [0.2, 0.25) is 5.78 Å². The zero-order valence-corrected chi connectivity index (χ0v) is 19.0. The number of hydrogen-bond acceptors (Lipinski definition) is 8. The van der Waals surface area contributed by atoms with Gasteiger partial charge in [0.1, 0.15) is 18.1 Å². The number of nitriles is 1. The fourth-order valence-corrected chi connectivity index (χ4v) is 3.86. The van der Waals surface area contributed by atoms with Crippen molar-refractivity contribution in [1.29, 1.82) is 5.26 Å². The molecule has 1 amide bonds. The Balaban J connectivity index is 1.67. The summed E-state index contributed by atoms with van der Waals surface area (Å²) in [5.41, 5.74) is 0.344. The van der Waals surface area contributed by atoms with Gasteiger partial charge in [-0.05, 0) is 23.8 Å². The van der Waals surface area contributed by atoms with E-state index in [0.717, 1.165) is 24.3 Å². The van der Waals surface area contributed by atoms with Gasteiger partial charge in [-0.15, -0.1) is 0 Å². The Morgan fingerprint density at radius 1 is 1.05 bits per heavy atom. The van der Waals surface area contributed by atoms with E-state index in [0.29, 0.717) is 5.56 Å². The molecule has 10 heteroatoms. The zero-order valence-electron chi connectivity index (χ0n) is 19.0. The third kappa shape index (κ3) is 5.16. The third-order valence-electron chi connectivity index (χ3n) is 5.66. The number of anilines is 1. The lowest BCUT2D eigenvalue weighted by Crippen LogP contribution is -2.37. The Morgan fingerprint density at radius 2 is 1.76 bits per heavy atom. The van der Waals surface area contributed by atoms with Crippen molar-refractivity contribution in [3.8, 4) is 6.07 Å². The molecule has 1 aliphatic rings. The van der Waals surface area contributed by atoms with Crippen LogP contribution in [0.25, 0.3) is 6.08 Å². The highest BCUT2D eigenvalue weighted by Gasteiger charge is 2.45. The van der Waals surface area contributed by atoms with E-state index in [1.807, 2.05) is 0 Å². The molecule has 3 aromatic rings. The number of non-ortho nitro benzene ring substituents is 1. The topological polar surface area (TPSA) is 156 Å². The Labute approximate surface area is 209 Å². The third-order valence-corrected chi connectivity index (χ3v) is 5.66. The zero-order chi connectivity index (χ0) is 26.5. The monoisotopic (exact) mass is 495 g/mol. The summed E-state index contributed by atoms with van der Waals surface area (Å²) in [5.74, 6) is -5.68. The molecule has 0 unspecified atom stereocenters. The number of nitrogens with zero attached hydrogens (tertiary/aromatic N) is 2. The largest absolute Gasteiger partial charge is 0.453 e. The molecule has 0 spiro atoms. The second-order valence-corrected chi connectivity index (χ2v) is 7.95. The minimum absolute atomic E-state index is 0.152. The van der Waals surface area contributed by atoms with E-state index in [1.165, 1.54) is 18.2 Å². The van der Waals surface area contributed by atoms with E-state index < -0.39 is 40.4 Å². The average Bonchev–Trinajstić information content (AvgIpc) is 3.24. The van der Waals surface area contributed by atoms with Crippen molar-refractivity contribution in [2.75, 3.05) is 5.32 Å². The van der Waals surface area contributed by atoms with Crippen LogP contribution >= 0.6 is 0 Å². The van der Waals surface area contributed by atoms with Crippen LogP contribution in [0, 0.1) is 27.4 Å². The number of cyclic esters (lactones) is 1. The van der Waals surface area contributed by atoms with E-state index in [2.05, 4.69) is 5.32 Å². The molecule has 2 atom stereocenters. The second-order valence-electron chi connectivity index (χ2n) is 7.95. The minimum atomic E-state index is -1.71. The van der Waals surface area contributed by atoms with E-state index in [1.54, 1.807) is 48.5 Å². The molecule has 182 valence electrons. The summed E-state index contributed by atoms with van der Waals surface area (Å²) in [6.45, 7) is 0. The highest BCUT2D eigenvalue weighted by Crippen LogP contribution is 2.37. The lowest BCUT2D eigenvalue weighted by Gasteiger charge is -2.20. The quantitative estimate of drug-likeness (QED) is 0.124. The van der Waals surface area contributed by atoms with Crippen LogP contribution in [0.4, 0.5) is 11.4 Å². The number of nitro groups is 1. The van der Waals surface area contributed by atoms with Crippen molar-refractivity contribution in [1.82, 2.24) is 0 Å². The van der Waals surface area contributed by atoms with E-state index >= 15 is 0 Å². The first kappa shape index (κ1) is 24.7. The maximum atomic E-state index is 13.3. The van der Waals surface area contributed by atoms with Crippen molar-refractivity contribution < 1.29 is 28.8 Å². The number of ketones is 2. The number of allylic oxidation sites excluding steroid dienone is 1. The van der Waals surface area contributed by atoms with Crippen molar-refractivity contribution in [3.05, 3.63) is 111 Å². The van der Waals surface area contributed by atoms with E-state index in [4.69, 9.17) is 4.74 Å². The van der Waals surface area contributed by atoms with Gasteiger partial charge in [-0.2, -0.15) is 5.26 Å². The number of ether oxygens (including phenoxy) is 1. The lowest BCUT2D eigenvalue weighted by molar-refractivity contribution is -0.384. The fourth-order valence-electron chi connectivity index (χ4n) is 3.86. The van der Waals surface area contributed by atoms with Crippen LogP contribution < -0.4 is 5.32 Å².